The summed E-state index contributed by atoms with van der Waals surface area (Å²) < 4.78 is 6.35. The third-order valence-electron chi connectivity index (χ3n) is 8.62. The zero-order valence-electron chi connectivity index (χ0n) is 28.7. The number of hydrogen-bond acceptors (Lipinski definition) is 10. The minimum atomic E-state index is -0.816. The molecule has 1 aromatic heterocycles. The van der Waals surface area contributed by atoms with Crippen molar-refractivity contribution in [3.05, 3.63) is 53.6 Å². The van der Waals surface area contributed by atoms with Crippen LogP contribution in [0.15, 0.2) is 42.5 Å². The third kappa shape index (κ3) is 8.58. The number of rotatable bonds is 14. The molecular weight excluding hydrogens is 646 g/mol. The van der Waals surface area contributed by atoms with E-state index in [2.05, 4.69) is 22.5 Å². The minimum absolute atomic E-state index is 0.0165. The van der Waals surface area contributed by atoms with Gasteiger partial charge in [-0.1, -0.05) is 55.9 Å². The van der Waals surface area contributed by atoms with Crippen molar-refractivity contribution in [2.75, 3.05) is 59.1 Å². The molecule has 2 aromatic carbocycles. The zero-order chi connectivity index (χ0) is 35.1. The Morgan fingerprint density at radius 1 is 1.04 bits per heavy atom. The van der Waals surface area contributed by atoms with E-state index in [0.29, 0.717) is 43.5 Å². The van der Waals surface area contributed by atoms with Crippen LogP contribution in [0.2, 0.25) is 0 Å². The monoisotopic (exact) mass is 693 g/mol. The standard InChI is InChI=1S/C34H47N9O5S/c1-5-7-15-36-33(46)41(17-6-2)42-22-29(44)43-26(19-23-11-13-25(14-12-23)48-34(47)37-16-18-39(3)4)31(45)40(21-28(42)43)20-24-9-8-10-27-30(24)38-32(35)49-27/h8-14,26,28H,5-7,15-22H2,1-4H3,(H2,35,38)(H,36,46)(H,37,47)/t26-,28+/m0/s1. The lowest BCUT2D eigenvalue weighted by atomic mass is 9.99. The molecule has 5 rings (SSSR count). The molecule has 49 heavy (non-hydrogen) atoms. The number of thiazole rings is 1. The smallest absolute Gasteiger partial charge is 0.410 e. The molecule has 2 aliphatic heterocycles. The highest BCUT2D eigenvalue weighted by atomic mass is 32.1. The maximum Gasteiger partial charge on any atom is 0.412 e. The molecule has 15 heteroatoms. The molecule has 4 N–H and O–H groups in total. The Morgan fingerprint density at radius 2 is 1.82 bits per heavy atom. The van der Waals surface area contributed by atoms with Crippen molar-refractivity contribution in [1.29, 1.82) is 0 Å². The Hall–Kier alpha value is -4.47. The number of nitrogens with zero attached hydrogens (tertiary/aromatic N) is 6. The van der Waals surface area contributed by atoms with Crippen LogP contribution in [0.3, 0.4) is 0 Å². The fraction of sp³-hybridized carbons (Fsp3) is 0.500. The number of hydrazine groups is 1. The predicted octanol–water partition coefficient (Wildman–Crippen LogP) is 3.09. The van der Waals surface area contributed by atoms with Gasteiger partial charge in [0.2, 0.25) is 11.8 Å². The Labute approximate surface area is 291 Å². The molecule has 5 amide bonds. The van der Waals surface area contributed by atoms with E-state index in [1.807, 2.05) is 49.1 Å². The zero-order valence-corrected chi connectivity index (χ0v) is 29.5. The van der Waals surface area contributed by atoms with Crippen LogP contribution in [0.25, 0.3) is 10.2 Å². The lowest BCUT2D eigenvalue weighted by molar-refractivity contribution is -0.157. The second-order valence-electron chi connectivity index (χ2n) is 12.6. The Morgan fingerprint density at radius 3 is 2.53 bits per heavy atom. The van der Waals surface area contributed by atoms with Crippen molar-refractivity contribution in [2.24, 2.45) is 0 Å². The maximum absolute atomic E-state index is 14.3. The molecule has 0 unspecified atom stereocenters. The van der Waals surface area contributed by atoms with Crippen molar-refractivity contribution in [3.63, 3.8) is 0 Å². The van der Waals surface area contributed by atoms with E-state index in [4.69, 9.17) is 10.5 Å². The molecule has 2 fully saturated rings. The number of amides is 5. The Kier molecular flexibility index (Phi) is 11.9. The van der Waals surface area contributed by atoms with E-state index in [1.165, 1.54) is 11.3 Å². The van der Waals surface area contributed by atoms with Gasteiger partial charge < -0.3 is 35.8 Å². The second-order valence-corrected chi connectivity index (χ2v) is 13.7. The van der Waals surface area contributed by atoms with E-state index in [1.54, 1.807) is 39.1 Å². The molecule has 0 bridgehead atoms. The number of carbonyl (C=O) groups excluding carboxylic acids is 4. The van der Waals surface area contributed by atoms with E-state index >= 15 is 0 Å². The number of aromatic nitrogens is 1. The summed E-state index contributed by atoms with van der Waals surface area (Å²) in [6.45, 7) is 6.62. The topological polar surface area (TPSA) is 157 Å². The number of carbonyl (C=O) groups is 4. The van der Waals surface area contributed by atoms with E-state index in [0.717, 1.165) is 34.2 Å². The van der Waals surface area contributed by atoms with Crippen LogP contribution >= 0.6 is 11.3 Å². The lowest BCUT2D eigenvalue weighted by Gasteiger charge is -2.46. The second kappa shape index (κ2) is 16.3. The quantitative estimate of drug-likeness (QED) is 0.216. The highest BCUT2D eigenvalue weighted by molar-refractivity contribution is 7.22. The number of para-hydroxylation sites is 1. The molecule has 2 aliphatic rings. The predicted molar refractivity (Wildman–Crippen MR) is 189 cm³/mol. The Bertz CT molecular complexity index is 1630. The van der Waals surface area contributed by atoms with E-state index in [9.17, 15) is 19.2 Å². The number of unbranched alkanes of at least 4 members (excludes halogenated alkanes) is 1. The maximum atomic E-state index is 14.3. The van der Waals surface area contributed by atoms with Gasteiger partial charge in [-0.05, 0) is 56.3 Å². The van der Waals surface area contributed by atoms with Gasteiger partial charge in [0.05, 0.1) is 23.3 Å². The van der Waals surface area contributed by atoms with Crippen LogP contribution < -0.4 is 21.1 Å². The molecule has 0 aliphatic carbocycles. The molecule has 2 atom stereocenters. The number of urea groups is 1. The van der Waals surface area contributed by atoms with Crippen molar-refractivity contribution in [3.8, 4) is 5.75 Å². The van der Waals surface area contributed by atoms with Gasteiger partial charge in [0, 0.05) is 39.1 Å². The fourth-order valence-corrected chi connectivity index (χ4v) is 6.99. The summed E-state index contributed by atoms with van der Waals surface area (Å²) in [7, 11) is 3.84. The van der Waals surface area contributed by atoms with Gasteiger partial charge in [-0.2, -0.15) is 5.01 Å². The van der Waals surface area contributed by atoms with Gasteiger partial charge in [-0.3, -0.25) is 14.6 Å². The Balaban J connectivity index is 1.40. The molecule has 3 heterocycles. The lowest BCUT2D eigenvalue weighted by Crippen LogP contribution is -2.66. The summed E-state index contributed by atoms with van der Waals surface area (Å²) >= 11 is 1.39. The van der Waals surface area contributed by atoms with E-state index in [-0.39, 0.29) is 43.9 Å². The number of likely N-dealkylation sites (N-methyl/N-ethyl adjacent to an activating group) is 1. The first-order chi connectivity index (χ1) is 23.6. The first-order valence-corrected chi connectivity index (χ1v) is 17.7. The van der Waals surface area contributed by atoms with Crippen LogP contribution in [0.4, 0.5) is 14.7 Å². The number of nitrogen functional groups attached to an aromatic ring is 1. The van der Waals surface area contributed by atoms with Gasteiger partial charge in [-0.25, -0.2) is 14.6 Å². The number of anilines is 1. The number of fused-ring (bicyclic) bond motifs is 2. The molecule has 2 saturated heterocycles. The van der Waals surface area contributed by atoms with Crippen molar-refractivity contribution < 1.29 is 23.9 Å². The number of nitrogens with one attached hydrogen (secondary N) is 2. The third-order valence-corrected chi connectivity index (χ3v) is 9.47. The number of nitrogens with two attached hydrogens (primary N) is 1. The van der Waals surface area contributed by atoms with Crippen LogP contribution in [-0.2, 0) is 22.6 Å². The summed E-state index contributed by atoms with van der Waals surface area (Å²) in [6, 6.07) is 11.7. The van der Waals surface area contributed by atoms with E-state index < -0.39 is 18.3 Å². The molecule has 0 saturated carbocycles. The molecule has 0 radical (unpaired) electrons. The number of ether oxygens (including phenoxy) is 1. The average Bonchev–Trinajstić information content (AvgIpc) is 3.61. The van der Waals surface area contributed by atoms with Crippen molar-refractivity contribution >= 4 is 50.6 Å². The van der Waals surface area contributed by atoms with Crippen LogP contribution in [0, 0.1) is 0 Å². The van der Waals surface area contributed by atoms with Crippen molar-refractivity contribution in [2.45, 2.75) is 58.3 Å². The average molecular weight is 694 g/mol. The van der Waals surface area contributed by atoms with Crippen LogP contribution in [0.5, 0.6) is 5.75 Å². The first kappa shape index (κ1) is 35.8. The largest absolute Gasteiger partial charge is 0.412 e. The molecule has 0 spiro atoms. The van der Waals surface area contributed by atoms with Crippen molar-refractivity contribution in [1.82, 2.24) is 40.3 Å². The summed E-state index contributed by atoms with van der Waals surface area (Å²) in [5, 5.41) is 9.60. The number of benzene rings is 2. The molecule has 14 nitrogen and oxygen atoms in total. The highest BCUT2D eigenvalue weighted by Gasteiger charge is 2.52. The minimum Gasteiger partial charge on any atom is -0.410 e. The molecule has 3 aromatic rings. The summed E-state index contributed by atoms with van der Waals surface area (Å²) in [6.07, 6.45) is 1.63. The van der Waals surface area contributed by atoms with Crippen LogP contribution in [0.1, 0.15) is 44.2 Å². The summed E-state index contributed by atoms with van der Waals surface area (Å²) in [5.74, 6) is -0.0419. The van der Waals surface area contributed by atoms with Gasteiger partial charge >= 0.3 is 12.1 Å². The fourth-order valence-electron chi connectivity index (χ4n) is 6.21. The van der Waals surface area contributed by atoms with Gasteiger partial charge in [0.1, 0.15) is 18.0 Å². The normalized spacial score (nSPS) is 17.9. The van der Waals surface area contributed by atoms with Gasteiger partial charge in [-0.15, -0.1) is 0 Å². The molecular formula is C34H47N9O5S. The number of piperazine rings is 1. The SMILES string of the molecule is CCCCNC(=O)N(CCC)N1CC(=O)N2[C@@H](Cc3ccc(OC(=O)NCCN(C)C)cc3)C(=O)N(Cc3cccc4sc(N)nc34)C[C@@H]21. The highest BCUT2D eigenvalue weighted by Crippen LogP contribution is 2.32. The summed E-state index contributed by atoms with van der Waals surface area (Å²) in [4.78, 5) is 63.6. The summed E-state index contributed by atoms with van der Waals surface area (Å²) in [5.41, 5.74) is 8.44. The molecule has 264 valence electrons. The van der Waals surface area contributed by atoms with Gasteiger partial charge in [0.15, 0.2) is 5.13 Å². The first-order valence-electron chi connectivity index (χ1n) is 16.8. The van der Waals surface area contributed by atoms with Crippen LogP contribution in [-0.4, -0.2) is 119 Å². The van der Waals surface area contributed by atoms with Gasteiger partial charge in [0.25, 0.3) is 0 Å². The number of hydrogen-bond donors (Lipinski definition) is 3.